The molecule has 1 atom stereocenters. The normalized spacial score (nSPS) is 15.3. The number of ether oxygens (including phenoxy) is 1. The number of nitrogens with one attached hydrogen (secondary N) is 1. The maximum atomic E-state index is 9.35. The van der Waals surface area contributed by atoms with E-state index >= 15 is 0 Å². The van der Waals surface area contributed by atoms with Gasteiger partial charge in [0.05, 0.1) is 18.9 Å². The molecule has 1 aromatic carbocycles. The average Bonchev–Trinajstić information content (AvgIpc) is 3.37. The molecule has 122 valence electrons. The summed E-state index contributed by atoms with van der Waals surface area (Å²) in [7, 11) is 1.69. The van der Waals surface area contributed by atoms with E-state index in [-0.39, 0.29) is 0 Å². The van der Waals surface area contributed by atoms with E-state index in [1.807, 2.05) is 19.1 Å². The molecule has 0 bridgehead atoms. The van der Waals surface area contributed by atoms with Crippen molar-refractivity contribution in [2.75, 3.05) is 19.0 Å². The topological polar surface area (TPSA) is 67.3 Å². The van der Waals surface area contributed by atoms with Gasteiger partial charge in [-0.3, -0.25) is 0 Å². The second-order valence-electron chi connectivity index (χ2n) is 6.22. The minimum Gasteiger partial charge on any atom is -0.497 e. The second-order valence-corrected chi connectivity index (χ2v) is 6.22. The Morgan fingerprint density at radius 1 is 1.30 bits per heavy atom. The molecule has 1 heterocycles. The molecule has 1 aromatic heterocycles. The average molecular weight is 313 g/mol. The Hall–Kier alpha value is -2.14. The Morgan fingerprint density at radius 3 is 2.70 bits per heavy atom. The third kappa shape index (κ3) is 3.62. The van der Waals surface area contributed by atoms with Crippen LogP contribution < -0.4 is 10.1 Å². The monoisotopic (exact) mass is 313 g/mol. The van der Waals surface area contributed by atoms with Crippen LogP contribution in [0.5, 0.6) is 5.75 Å². The van der Waals surface area contributed by atoms with Crippen LogP contribution in [0.3, 0.4) is 0 Å². The van der Waals surface area contributed by atoms with E-state index < -0.39 is 6.10 Å². The summed E-state index contributed by atoms with van der Waals surface area (Å²) in [6.45, 7) is 4.24. The summed E-state index contributed by atoms with van der Waals surface area (Å²) >= 11 is 0. The summed E-state index contributed by atoms with van der Waals surface area (Å²) in [4.78, 5) is 0. The Labute approximate surface area is 136 Å². The summed E-state index contributed by atoms with van der Waals surface area (Å²) in [6, 6.07) is 8.15. The fourth-order valence-corrected chi connectivity index (χ4v) is 2.71. The fraction of sp³-hybridized carbons (Fsp3) is 0.444. The molecule has 2 N–H and O–H groups in total. The lowest BCUT2D eigenvalue weighted by Gasteiger charge is -2.13. The minimum absolute atomic E-state index is 0.417. The van der Waals surface area contributed by atoms with Crippen molar-refractivity contribution in [3.8, 4) is 17.0 Å². The van der Waals surface area contributed by atoms with Crippen molar-refractivity contribution >= 4 is 5.82 Å². The van der Waals surface area contributed by atoms with Crippen LogP contribution in [0.2, 0.25) is 0 Å². The van der Waals surface area contributed by atoms with Crippen LogP contribution in [0, 0.1) is 6.92 Å². The van der Waals surface area contributed by atoms with Crippen molar-refractivity contribution < 1.29 is 9.84 Å². The first-order valence-corrected chi connectivity index (χ1v) is 8.03. The summed E-state index contributed by atoms with van der Waals surface area (Å²) in [5, 5.41) is 21.1. The van der Waals surface area contributed by atoms with Crippen LogP contribution in [0.4, 0.5) is 5.82 Å². The zero-order valence-electron chi connectivity index (χ0n) is 13.8. The number of anilines is 1. The van der Waals surface area contributed by atoms with E-state index in [9.17, 15) is 5.11 Å². The van der Waals surface area contributed by atoms with E-state index in [0.717, 1.165) is 22.6 Å². The van der Waals surface area contributed by atoms with Crippen molar-refractivity contribution in [3.63, 3.8) is 0 Å². The molecular formula is C18H23N3O2. The maximum absolute atomic E-state index is 9.35. The summed E-state index contributed by atoms with van der Waals surface area (Å²) in [5.74, 6) is 2.18. The van der Waals surface area contributed by atoms with Gasteiger partial charge in [-0.1, -0.05) is 0 Å². The van der Waals surface area contributed by atoms with Crippen LogP contribution in [0.25, 0.3) is 11.3 Å². The molecule has 1 aliphatic carbocycles. The molecule has 0 amide bonds. The van der Waals surface area contributed by atoms with Gasteiger partial charge in [-0.25, -0.2) is 0 Å². The molecule has 0 saturated heterocycles. The molecule has 0 aliphatic heterocycles. The standard InChI is InChI=1S/C18H23N3O2/c1-11-8-17(19-10-12(2)22)20-21-18(11)15-7-6-14(23-3)9-16(15)13-4-5-13/h6-9,12-13,22H,4-5,10H2,1-3H3,(H,19,20)/t12-/m1/s1. The molecule has 1 fully saturated rings. The van der Waals surface area contributed by atoms with Crippen molar-refractivity contribution in [1.82, 2.24) is 10.2 Å². The number of aryl methyl sites for hydroxylation is 1. The van der Waals surface area contributed by atoms with E-state index in [4.69, 9.17) is 4.74 Å². The van der Waals surface area contributed by atoms with E-state index in [1.54, 1.807) is 14.0 Å². The quantitative estimate of drug-likeness (QED) is 0.857. The Kier molecular flexibility index (Phi) is 4.48. The SMILES string of the molecule is COc1ccc(-c2nnc(NC[C@@H](C)O)cc2C)c(C2CC2)c1. The first-order valence-electron chi connectivity index (χ1n) is 8.03. The molecular weight excluding hydrogens is 290 g/mol. The Balaban J connectivity index is 1.92. The Bertz CT molecular complexity index is 697. The van der Waals surface area contributed by atoms with Gasteiger partial charge in [0.15, 0.2) is 0 Å². The van der Waals surface area contributed by atoms with Crippen molar-refractivity contribution in [3.05, 3.63) is 35.4 Å². The summed E-state index contributed by atoms with van der Waals surface area (Å²) in [5.41, 5.74) is 4.42. The number of rotatable bonds is 6. The highest BCUT2D eigenvalue weighted by molar-refractivity contribution is 5.69. The number of aromatic nitrogens is 2. The van der Waals surface area contributed by atoms with Crippen LogP contribution in [-0.2, 0) is 0 Å². The second kappa shape index (κ2) is 6.54. The molecule has 2 aromatic rings. The molecule has 5 heteroatoms. The van der Waals surface area contributed by atoms with Crippen LogP contribution in [-0.4, -0.2) is 35.1 Å². The lowest BCUT2D eigenvalue weighted by Crippen LogP contribution is -2.16. The zero-order chi connectivity index (χ0) is 16.4. The number of nitrogens with zero attached hydrogens (tertiary/aromatic N) is 2. The van der Waals surface area contributed by atoms with E-state index in [1.165, 1.54) is 18.4 Å². The van der Waals surface area contributed by atoms with Gasteiger partial charge >= 0.3 is 0 Å². The van der Waals surface area contributed by atoms with E-state index in [0.29, 0.717) is 18.3 Å². The van der Waals surface area contributed by atoms with Gasteiger partial charge in [-0.2, -0.15) is 0 Å². The van der Waals surface area contributed by atoms with Gasteiger partial charge in [0.25, 0.3) is 0 Å². The largest absolute Gasteiger partial charge is 0.497 e. The summed E-state index contributed by atoms with van der Waals surface area (Å²) < 4.78 is 5.36. The molecule has 1 aliphatic rings. The highest BCUT2D eigenvalue weighted by Crippen LogP contribution is 2.45. The predicted molar refractivity (Wildman–Crippen MR) is 90.9 cm³/mol. The molecule has 0 spiro atoms. The maximum Gasteiger partial charge on any atom is 0.149 e. The zero-order valence-corrected chi connectivity index (χ0v) is 13.8. The van der Waals surface area contributed by atoms with Crippen molar-refractivity contribution in [2.24, 2.45) is 0 Å². The van der Waals surface area contributed by atoms with Crippen LogP contribution >= 0.6 is 0 Å². The third-order valence-corrected chi connectivity index (χ3v) is 4.09. The van der Waals surface area contributed by atoms with Gasteiger partial charge in [0.2, 0.25) is 0 Å². The predicted octanol–water partition coefficient (Wildman–Crippen LogP) is 3.13. The highest BCUT2D eigenvalue weighted by Gasteiger charge is 2.27. The van der Waals surface area contributed by atoms with Gasteiger partial charge in [0.1, 0.15) is 11.6 Å². The number of aliphatic hydroxyl groups is 1. The summed E-state index contributed by atoms with van der Waals surface area (Å²) in [6.07, 6.45) is 2.03. The number of hydrogen-bond donors (Lipinski definition) is 2. The molecule has 5 nitrogen and oxygen atoms in total. The number of aliphatic hydroxyl groups excluding tert-OH is 1. The number of methoxy groups -OCH3 is 1. The first-order chi connectivity index (χ1) is 11.1. The van der Waals surface area contributed by atoms with Crippen LogP contribution in [0.1, 0.15) is 36.8 Å². The smallest absolute Gasteiger partial charge is 0.149 e. The van der Waals surface area contributed by atoms with Crippen molar-refractivity contribution in [1.29, 1.82) is 0 Å². The lowest BCUT2D eigenvalue weighted by atomic mass is 9.98. The lowest BCUT2D eigenvalue weighted by molar-refractivity contribution is 0.208. The van der Waals surface area contributed by atoms with Crippen LogP contribution in [0.15, 0.2) is 24.3 Å². The van der Waals surface area contributed by atoms with Crippen molar-refractivity contribution in [2.45, 2.75) is 38.7 Å². The van der Waals surface area contributed by atoms with Gasteiger partial charge in [0, 0.05) is 12.1 Å². The first kappa shape index (κ1) is 15.7. The number of benzene rings is 1. The van der Waals surface area contributed by atoms with E-state index in [2.05, 4.69) is 27.6 Å². The molecule has 1 saturated carbocycles. The molecule has 3 rings (SSSR count). The molecule has 0 radical (unpaired) electrons. The van der Waals surface area contributed by atoms with Gasteiger partial charge in [-0.05, 0) is 68.0 Å². The fourth-order valence-electron chi connectivity index (χ4n) is 2.71. The number of hydrogen-bond acceptors (Lipinski definition) is 5. The highest BCUT2D eigenvalue weighted by atomic mass is 16.5. The van der Waals surface area contributed by atoms with Gasteiger partial charge in [-0.15, -0.1) is 10.2 Å². The Morgan fingerprint density at radius 2 is 2.09 bits per heavy atom. The van der Waals surface area contributed by atoms with Gasteiger partial charge < -0.3 is 15.2 Å². The minimum atomic E-state index is -0.417. The third-order valence-electron chi connectivity index (χ3n) is 4.09. The molecule has 0 unspecified atom stereocenters. The molecule has 23 heavy (non-hydrogen) atoms.